The van der Waals surface area contributed by atoms with E-state index < -0.39 is 12.3 Å². The van der Waals surface area contributed by atoms with Gasteiger partial charge in [-0.05, 0) is 55.4 Å². The Labute approximate surface area is 162 Å². The molecule has 26 heavy (non-hydrogen) atoms. The molecule has 4 nitrogen and oxygen atoms in total. The van der Waals surface area contributed by atoms with E-state index in [9.17, 15) is 9.50 Å². The summed E-state index contributed by atoms with van der Waals surface area (Å²) in [5, 5.41) is 10.9. The van der Waals surface area contributed by atoms with Gasteiger partial charge in [-0.1, -0.05) is 17.7 Å². The molecule has 6 atom stereocenters. The first-order chi connectivity index (χ1) is 12.5. The summed E-state index contributed by atoms with van der Waals surface area (Å²) in [5.74, 6) is 0.687. The second-order valence-electron chi connectivity index (χ2n) is 6.59. The van der Waals surface area contributed by atoms with Crippen molar-refractivity contribution in [1.29, 1.82) is 0 Å². The Morgan fingerprint density at radius 3 is 2.92 bits per heavy atom. The van der Waals surface area contributed by atoms with E-state index in [2.05, 4.69) is 9.47 Å². The molecule has 1 aromatic carbocycles. The molecule has 1 N–H and O–H groups in total. The molecule has 7 heteroatoms. The molecule has 1 aliphatic carbocycles. The van der Waals surface area contributed by atoms with Crippen LogP contribution in [0.3, 0.4) is 0 Å². The van der Waals surface area contributed by atoms with Crippen LogP contribution in [0.2, 0.25) is 5.02 Å². The zero-order valence-electron chi connectivity index (χ0n) is 14.9. The molecule has 0 heterocycles. The maximum atomic E-state index is 14.3. The third-order valence-electron chi connectivity index (χ3n) is 4.85. The number of aliphatic hydroxyl groups excluding tert-OH is 1. The smallest absolute Gasteiger partial charge is 0.134 e. The minimum atomic E-state index is -1.09. The van der Waals surface area contributed by atoms with Crippen LogP contribution in [-0.4, -0.2) is 37.2 Å². The Morgan fingerprint density at radius 1 is 1.42 bits per heavy atom. The number of rotatable bonds is 10. The first kappa shape index (κ1) is 21.4. The number of hydrogen-bond acceptors (Lipinski definition) is 4. The highest BCUT2D eigenvalue weighted by Crippen LogP contribution is 2.41. The molecule has 0 aromatic heterocycles. The van der Waals surface area contributed by atoms with Crippen LogP contribution >= 0.6 is 21.1 Å². The summed E-state index contributed by atoms with van der Waals surface area (Å²) in [5.41, 5.74) is 0. The predicted octanol–water partition coefficient (Wildman–Crippen LogP) is 4.56. The Hall–Kier alpha value is -0.870. The van der Waals surface area contributed by atoms with Gasteiger partial charge in [0.25, 0.3) is 0 Å². The summed E-state index contributed by atoms with van der Waals surface area (Å²) in [6.45, 7) is -0.0176. The molecule has 0 radical (unpaired) electrons. The first-order valence-corrected chi connectivity index (χ1v) is 9.64. The fourth-order valence-electron chi connectivity index (χ4n) is 3.55. The SMILES string of the molecule is CO/C=C\C[C@H]1C(O)CC(OP)[C@@H]1CCC(F)COc1cccc(Cl)c1. The largest absolute Gasteiger partial charge is 0.505 e. The minimum absolute atomic E-state index is 0.0176. The highest BCUT2D eigenvalue weighted by Gasteiger charge is 2.42. The van der Waals surface area contributed by atoms with Crippen molar-refractivity contribution in [3.63, 3.8) is 0 Å². The normalized spacial score (nSPS) is 27.0. The second kappa shape index (κ2) is 11.1. The van der Waals surface area contributed by atoms with Crippen molar-refractivity contribution in [2.75, 3.05) is 13.7 Å². The van der Waals surface area contributed by atoms with Gasteiger partial charge in [-0.15, -0.1) is 0 Å². The number of benzene rings is 1. The van der Waals surface area contributed by atoms with Crippen molar-refractivity contribution in [1.82, 2.24) is 0 Å². The van der Waals surface area contributed by atoms with Gasteiger partial charge in [-0.3, -0.25) is 0 Å². The molecule has 0 saturated heterocycles. The van der Waals surface area contributed by atoms with Gasteiger partial charge < -0.3 is 19.1 Å². The number of aliphatic hydroxyl groups is 1. The van der Waals surface area contributed by atoms with Gasteiger partial charge in [-0.25, -0.2) is 4.39 Å². The van der Waals surface area contributed by atoms with Gasteiger partial charge >= 0.3 is 0 Å². The summed E-state index contributed by atoms with van der Waals surface area (Å²) in [4.78, 5) is 0. The Kier molecular flexibility index (Phi) is 9.13. The average Bonchev–Trinajstić information content (AvgIpc) is 2.93. The van der Waals surface area contributed by atoms with E-state index in [4.69, 9.17) is 25.6 Å². The quantitative estimate of drug-likeness (QED) is 0.459. The molecule has 1 aromatic rings. The first-order valence-electron chi connectivity index (χ1n) is 8.79. The Bertz CT molecular complexity index is 574. The lowest BCUT2D eigenvalue weighted by Crippen LogP contribution is -2.24. The fraction of sp³-hybridized carbons (Fsp3) is 0.579. The van der Waals surface area contributed by atoms with Crippen molar-refractivity contribution in [2.45, 2.75) is 44.1 Å². The number of allylic oxidation sites excluding steroid dienone is 1. The average molecular weight is 405 g/mol. The van der Waals surface area contributed by atoms with Crippen LogP contribution in [-0.2, 0) is 9.26 Å². The topological polar surface area (TPSA) is 47.9 Å². The second-order valence-corrected chi connectivity index (χ2v) is 7.30. The molecule has 4 unspecified atom stereocenters. The van der Waals surface area contributed by atoms with Crippen LogP contribution in [0, 0.1) is 11.8 Å². The third kappa shape index (κ3) is 6.38. The number of alkyl halides is 1. The van der Waals surface area contributed by atoms with Gasteiger partial charge in [0.2, 0.25) is 0 Å². The molecular formula is C19H27ClFO4P. The number of ether oxygens (including phenoxy) is 2. The fourth-order valence-corrected chi connectivity index (χ4v) is 4.04. The minimum Gasteiger partial charge on any atom is -0.505 e. The molecule has 1 aliphatic rings. The van der Waals surface area contributed by atoms with Crippen molar-refractivity contribution in [3.05, 3.63) is 41.6 Å². The summed E-state index contributed by atoms with van der Waals surface area (Å²) in [6, 6.07) is 6.93. The van der Waals surface area contributed by atoms with Gasteiger partial charge in [0.05, 0.1) is 25.6 Å². The summed E-state index contributed by atoms with van der Waals surface area (Å²) >= 11 is 5.89. The maximum Gasteiger partial charge on any atom is 0.134 e. The van der Waals surface area contributed by atoms with Crippen molar-refractivity contribution in [2.24, 2.45) is 11.8 Å². The van der Waals surface area contributed by atoms with Gasteiger partial charge in [-0.2, -0.15) is 0 Å². The summed E-state index contributed by atoms with van der Waals surface area (Å²) < 4.78 is 30.1. The molecule has 0 amide bonds. The van der Waals surface area contributed by atoms with Crippen molar-refractivity contribution >= 4 is 21.1 Å². The molecule has 0 spiro atoms. The third-order valence-corrected chi connectivity index (χ3v) is 5.44. The molecule has 1 saturated carbocycles. The lowest BCUT2D eigenvalue weighted by molar-refractivity contribution is 0.108. The standard InChI is InChI=1S/C19H27ClFO4P/c1-23-9-3-6-16-17(19(25-26)11-18(16)22)8-7-14(21)12-24-15-5-2-4-13(20)10-15/h2-5,9-10,14,16-19,22H,6-8,11-12,26H2,1H3/b9-3-/t14?,16-,17-,18?,19?/m1/s1. The van der Waals surface area contributed by atoms with E-state index >= 15 is 0 Å². The monoisotopic (exact) mass is 404 g/mol. The predicted molar refractivity (Wildman–Crippen MR) is 104 cm³/mol. The van der Waals surface area contributed by atoms with E-state index in [0.29, 0.717) is 36.5 Å². The Balaban J connectivity index is 1.84. The van der Waals surface area contributed by atoms with E-state index in [1.807, 2.05) is 6.08 Å². The van der Waals surface area contributed by atoms with Gasteiger partial charge in [0, 0.05) is 20.9 Å². The van der Waals surface area contributed by atoms with E-state index in [0.717, 1.165) is 0 Å². The van der Waals surface area contributed by atoms with Crippen LogP contribution in [0.15, 0.2) is 36.6 Å². The van der Waals surface area contributed by atoms with Crippen LogP contribution in [0.4, 0.5) is 4.39 Å². The number of hydrogen-bond donors (Lipinski definition) is 1. The van der Waals surface area contributed by atoms with Crippen LogP contribution < -0.4 is 4.74 Å². The van der Waals surface area contributed by atoms with E-state index in [-0.39, 0.29) is 24.5 Å². The van der Waals surface area contributed by atoms with Gasteiger partial charge in [0.15, 0.2) is 0 Å². The highest BCUT2D eigenvalue weighted by atomic mass is 35.5. The highest BCUT2D eigenvalue weighted by molar-refractivity contribution is 7.09. The van der Waals surface area contributed by atoms with E-state index in [1.165, 1.54) is 0 Å². The summed E-state index contributed by atoms with van der Waals surface area (Å²) in [7, 11) is 3.85. The molecule has 0 aliphatic heterocycles. The van der Waals surface area contributed by atoms with Gasteiger partial charge in [0.1, 0.15) is 18.5 Å². The zero-order valence-corrected chi connectivity index (χ0v) is 16.8. The van der Waals surface area contributed by atoms with Crippen LogP contribution in [0.1, 0.15) is 25.7 Å². The Morgan fingerprint density at radius 2 is 2.23 bits per heavy atom. The molecule has 1 fully saturated rings. The van der Waals surface area contributed by atoms with Crippen LogP contribution in [0.5, 0.6) is 5.75 Å². The lowest BCUT2D eigenvalue weighted by atomic mass is 9.86. The summed E-state index contributed by atoms with van der Waals surface area (Å²) in [6.07, 6.45) is 4.10. The van der Waals surface area contributed by atoms with Crippen molar-refractivity contribution in [3.8, 4) is 5.75 Å². The molecule has 146 valence electrons. The molecule has 2 rings (SSSR count). The van der Waals surface area contributed by atoms with Crippen LogP contribution in [0.25, 0.3) is 0 Å². The molecular weight excluding hydrogens is 378 g/mol. The zero-order chi connectivity index (χ0) is 18.9. The number of halogens is 2. The van der Waals surface area contributed by atoms with E-state index in [1.54, 1.807) is 37.6 Å². The lowest BCUT2D eigenvalue weighted by Gasteiger charge is -2.24. The maximum absolute atomic E-state index is 14.3. The van der Waals surface area contributed by atoms with Crippen molar-refractivity contribution < 1.29 is 23.5 Å². The number of methoxy groups -OCH3 is 1. The molecule has 0 bridgehead atoms.